The Morgan fingerprint density at radius 3 is 2.31 bits per heavy atom. The predicted octanol–water partition coefficient (Wildman–Crippen LogP) is 4.20. The van der Waals surface area contributed by atoms with Crippen molar-refractivity contribution in [1.82, 2.24) is 20.0 Å². The summed E-state index contributed by atoms with van der Waals surface area (Å²) in [5.41, 5.74) is 0.0840. The number of hydrogen-bond donors (Lipinski definition) is 2. The molecule has 2 aliphatic heterocycles. The minimum absolute atomic E-state index is 0.0429. The number of nitrogens with zero attached hydrogens (tertiary/aromatic N) is 3. The molecule has 2 fully saturated rings. The first kappa shape index (κ1) is 26.2. The Morgan fingerprint density at radius 2 is 1.67 bits per heavy atom. The smallest absolute Gasteiger partial charge is 0.410 e. The Hall–Kier alpha value is -2.85. The molecule has 1 aromatic heterocycles. The number of rotatable bonds is 4. The van der Waals surface area contributed by atoms with Crippen molar-refractivity contribution in [2.75, 3.05) is 51.1 Å². The standard InChI is InChI=1S/C26H37N5O4S/c1-5-27-24(33)28-22-21(19-8-6-7-9-20(19)36-22)23(32)30-16-14-29(15-17-30)18-10-12-31(13-11-18)25(34)35-26(2,3)4/h6-9,18H,5,10-17H2,1-4H3,(H2,27,28,33). The van der Waals surface area contributed by atoms with Crippen LogP contribution in [-0.4, -0.2) is 90.2 Å². The monoisotopic (exact) mass is 515 g/mol. The van der Waals surface area contributed by atoms with Gasteiger partial charge in [-0.1, -0.05) is 18.2 Å². The zero-order valence-corrected chi connectivity index (χ0v) is 22.5. The molecule has 0 saturated carbocycles. The number of piperazine rings is 1. The van der Waals surface area contributed by atoms with Gasteiger partial charge >= 0.3 is 12.1 Å². The Balaban J connectivity index is 1.36. The van der Waals surface area contributed by atoms with Gasteiger partial charge in [-0.3, -0.25) is 15.0 Å². The number of urea groups is 1. The molecule has 2 aromatic rings. The van der Waals surface area contributed by atoms with Crippen molar-refractivity contribution in [2.24, 2.45) is 0 Å². The van der Waals surface area contributed by atoms with Crippen LogP contribution in [0.2, 0.25) is 0 Å². The van der Waals surface area contributed by atoms with Gasteiger partial charge in [0.05, 0.1) is 5.56 Å². The zero-order chi connectivity index (χ0) is 25.9. The van der Waals surface area contributed by atoms with Crippen LogP contribution < -0.4 is 10.6 Å². The highest BCUT2D eigenvalue weighted by molar-refractivity contribution is 7.23. The summed E-state index contributed by atoms with van der Waals surface area (Å²) in [7, 11) is 0. The number of amides is 4. The van der Waals surface area contributed by atoms with Crippen molar-refractivity contribution < 1.29 is 19.1 Å². The first-order valence-electron chi connectivity index (χ1n) is 12.7. The summed E-state index contributed by atoms with van der Waals surface area (Å²) in [6.07, 6.45) is 1.57. The summed E-state index contributed by atoms with van der Waals surface area (Å²) in [5.74, 6) is -0.0429. The SMILES string of the molecule is CCNC(=O)Nc1sc2ccccc2c1C(=O)N1CCN(C2CCN(C(=O)OC(C)(C)C)CC2)CC1. The summed E-state index contributed by atoms with van der Waals surface area (Å²) >= 11 is 1.43. The van der Waals surface area contributed by atoms with E-state index in [4.69, 9.17) is 4.74 Å². The molecule has 0 aliphatic carbocycles. The average Bonchev–Trinajstić information content (AvgIpc) is 3.20. The quantitative estimate of drug-likeness (QED) is 0.637. The first-order valence-corrected chi connectivity index (χ1v) is 13.6. The van der Waals surface area contributed by atoms with Gasteiger partial charge in [0, 0.05) is 61.9 Å². The largest absolute Gasteiger partial charge is 0.444 e. The van der Waals surface area contributed by atoms with Crippen LogP contribution in [0.3, 0.4) is 0 Å². The lowest BCUT2D eigenvalue weighted by Crippen LogP contribution is -2.55. The Kier molecular flexibility index (Phi) is 8.04. The molecular formula is C26H37N5O4S. The molecule has 1 aromatic carbocycles. The van der Waals surface area contributed by atoms with Gasteiger partial charge in [0.15, 0.2) is 0 Å². The number of carbonyl (C=O) groups excluding carboxylic acids is 3. The fraction of sp³-hybridized carbons (Fsp3) is 0.577. The third-order valence-corrected chi connectivity index (χ3v) is 7.69. The fourth-order valence-electron chi connectivity index (χ4n) is 4.84. The maximum absolute atomic E-state index is 13.6. The van der Waals surface area contributed by atoms with E-state index in [0.29, 0.717) is 49.3 Å². The third-order valence-electron chi connectivity index (χ3n) is 6.61. The first-order chi connectivity index (χ1) is 17.2. The van der Waals surface area contributed by atoms with Crippen molar-refractivity contribution in [2.45, 2.75) is 52.2 Å². The van der Waals surface area contributed by atoms with Gasteiger partial charge in [-0.25, -0.2) is 9.59 Å². The van der Waals surface area contributed by atoms with Crippen molar-refractivity contribution in [3.8, 4) is 0 Å². The highest BCUT2D eigenvalue weighted by Gasteiger charge is 2.33. The summed E-state index contributed by atoms with van der Waals surface area (Å²) in [6, 6.07) is 7.87. The van der Waals surface area contributed by atoms with E-state index in [1.54, 1.807) is 4.90 Å². The summed E-state index contributed by atoms with van der Waals surface area (Å²) in [6.45, 7) is 12.3. The molecule has 2 saturated heterocycles. The lowest BCUT2D eigenvalue weighted by molar-refractivity contribution is 0.00986. The van der Waals surface area contributed by atoms with E-state index in [2.05, 4.69) is 15.5 Å². The zero-order valence-electron chi connectivity index (χ0n) is 21.6. The van der Waals surface area contributed by atoms with E-state index in [0.717, 1.165) is 36.0 Å². The minimum atomic E-state index is -0.486. The Labute approximate surface area is 216 Å². The number of hydrogen-bond acceptors (Lipinski definition) is 6. The van der Waals surface area contributed by atoms with Crippen LogP contribution in [0, 0.1) is 0 Å². The minimum Gasteiger partial charge on any atom is -0.444 e. The van der Waals surface area contributed by atoms with Gasteiger partial charge in [0.1, 0.15) is 10.6 Å². The summed E-state index contributed by atoms with van der Waals surface area (Å²) < 4.78 is 6.49. The molecule has 3 heterocycles. The number of ether oxygens (including phenoxy) is 1. The molecule has 0 atom stereocenters. The van der Waals surface area contributed by atoms with Gasteiger partial charge in [0.2, 0.25) is 0 Å². The van der Waals surface area contributed by atoms with Crippen molar-refractivity contribution in [3.63, 3.8) is 0 Å². The second-order valence-electron chi connectivity index (χ2n) is 10.3. The normalized spacial score (nSPS) is 17.8. The molecule has 2 N–H and O–H groups in total. The Morgan fingerprint density at radius 1 is 1.00 bits per heavy atom. The van der Waals surface area contributed by atoms with Crippen LogP contribution in [0.25, 0.3) is 10.1 Å². The van der Waals surface area contributed by atoms with E-state index < -0.39 is 5.60 Å². The van der Waals surface area contributed by atoms with Crippen molar-refractivity contribution in [3.05, 3.63) is 29.8 Å². The van der Waals surface area contributed by atoms with Crippen LogP contribution in [0.1, 0.15) is 50.9 Å². The second-order valence-corrected chi connectivity index (χ2v) is 11.4. The molecule has 4 amide bonds. The molecule has 196 valence electrons. The highest BCUT2D eigenvalue weighted by atomic mass is 32.1. The summed E-state index contributed by atoms with van der Waals surface area (Å²) in [5, 5.41) is 7.08. The molecular weight excluding hydrogens is 478 g/mol. The van der Waals surface area contributed by atoms with Crippen molar-refractivity contribution in [1.29, 1.82) is 0 Å². The van der Waals surface area contributed by atoms with Crippen LogP contribution >= 0.6 is 11.3 Å². The number of piperidine rings is 1. The third kappa shape index (κ3) is 6.10. The number of fused-ring (bicyclic) bond motifs is 1. The highest BCUT2D eigenvalue weighted by Crippen LogP contribution is 2.36. The maximum Gasteiger partial charge on any atom is 0.410 e. The van der Waals surface area contributed by atoms with E-state index in [-0.39, 0.29) is 18.0 Å². The topological polar surface area (TPSA) is 94.2 Å². The fourth-order valence-corrected chi connectivity index (χ4v) is 5.93. The molecule has 36 heavy (non-hydrogen) atoms. The lowest BCUT2D eigenvalue weighted by atomic mass is 10.0. The number of carbonyl (C=O) groups is 3. The molecule has 0 bridgehead atoms. The van der Waals surface area contributed by atoms with Crippen LogP contribution in [-0.2, 0) is 4.74 Å². The molecule has 2 aliphatic rings. The van der Waals surface area contributed by atoms with Gasteiger partial charge in [-0.05, 0) is 46.6 Å². The van der Waals surface area contributed by atoms with E-state index in [1.165, 1.54) is 11.3 Å². The van der Waals surface area contributed by atoms with Crippen LogP contribution in [0.4, 0.5) is 14.6 Å². The second kappa shape index (κ2) is 11.0. The van der Waals surface area contributed by atoms with Crippen molar-refractivity contribution >= 4 is 44.5 Å². The predicted molar refractivity (Wildman–Crippen MR) is 143 cm³/mol. The maximum atomic E-state index is 13.6. The summed E-state index contributed by atoms with van der Waals surface area (Å²) in [4.78, 5) is 44.3. The molecule has 9 nitrogen and oxygen atoms in total. The van der Waals surface area contributed by atoms with Gasteiger partial charge in [-0.2, -0.15) is 0 Å². The number of thiophene rings is 1. The number of benzene rings is 1. The van der Waals surface area contributed by atoms with Gasteiger partial charge in [-0.15, -0.1) is 11.3 Å². The van der Waals surface area contributed by atoms with Crippen LogP contribution in [0.15, 0.2) is 24.3 Å². The number of anilines is 1. The molecule has 4 rings (SSSR count). The number of nitrogens with one attached hydrogen (secondary N) is 2. The molecule has 10 heteroatoms. The molecule has 0 unspecified atom stereocenters. The number of likely N-dealkylation sites (tertiary alicyclic amines) is 1. The van der Waals surface area contributed by atoms with Gasteiger partial charge in [0.25, 0.3) is 5.91 Å². The van der Waals surface area contributed by atoms with Gasteiger partial charge < -0.3 is 19.9 Å². The van der Waals surface area contributed by atoms with E-state index in [9.17, 15) is 14.4 Å². The Bertz CT molecular complexity index is 1100. The van der Waals surface area contributed by atoms with Crippen LogP contribution in [0.5, 0.6) is 0 Å². The van der Waals surface area contributed by atoms with E-state index in [1.807, 2.05) is 56.9 Å². The average molecular weight is 516 g/mol. The van der Waals surface area contributed by atoms with E-state index >= 15 is 0 Å². The molecule has 0 radical (unpaired) electrons. The molecule has 0 spiro atoms. The lowest BCUT2D eigenvalue weighted by Gasteiger charge is -2.42.